The van der Waals surface area contributed by atoms with Gasteiger partial charge in [0.1, 0.15) is 12.4 Å². The summed E-state index contributed by atoms with van der Waals surface area (Å²) in [5.41, 5.74) is 3.21. The zero-order chi connectivity index (χ0) is 22.5. The zero-order valence-electron chi connectivity index (χ0n) is 17.6. The van der Waals surface area contributed by atoms with Crippen LogP contribution in [0.15, 0.2) is 107 Å². The second kappa shape index (κ2) is 9.98. The quantitative estimate of drug-likeness (QED) is 0.226. The van der Waals surface area contributed by atoms with E-state index in [1.165, 1.54) is 0 Å². The number of thioether (sulfide) groups is 1. The highest BCUT2D eigenvalue weighted by atomic mass is 35.5. The molecule has 5 nitrogen and oxygen atoms in total. The van der Waals surface area contributed by atoms with Crippen LogP contribution in [-0.2, 0) is 12.4 Å². The molecule has 0 N–H and O–H groups in total. The van der Waals surface area contributed by atoms with Crippen molar-refractivity contribution in [1.29, 1.82) is 0 Å². The van der Waals surface area contributed by atoms with Gasteiger partial charge in [-0.05, 0) is 59.7 Å². The molecular formula is C26H20ClN3O2S. The van der Waals surface area contributed by atoms with Gasteiger partial charge in [-0.2, -0.15) is 0 Å². The Morgan fingerprint density at radius 3 is 2.33 bits per heavy atom. The Kier molecular flexibility index (Phi) is 6.46. The van der Waals surface area contributed by atoms with Gasteiger partial charge in [-0.15, -0.1) is 10.2 Å². The van der Waals surface area contributed by atoms with Crippen LogP contribution in [0, 0.1) is 0 Å². The van der Waals surface area contributed by atoms with Gasteiger partial charge >= 0.3 is 0 Å². The molecule has 7 heteroatoms. The van der Waals surface area contributed by atoms with E-state index in [1.807, 2.05) is 95.6 Å². The van der Waals surface area contributed by atoms with Crippen molar-refractivity contribution in [2.24, 2.45) is 0 Å². The van der Waals surface area contributed by atoms with Crippen LogP contribution in [0.2, 0.25) is 5.02 Å². The molecule has 0 aliphatic carbocycles. The zero-order valence-corrected chi connectivity index (χ0v) is 19.2. The fraction of sp³-hybridized carbons (Fsp3) is 0.0769. The second-order valence-corrected chi connectivity index (χ2v) is 8.68. The first-order chi connectivity index (χ1) is 16.3. The predicted molar refractivity (Wildman–Crippen MR) is 131 cm³/mol. The lowest BCUT2D eigenvalue weighted by Crippen LogP contribution is -2.00. The van der Waals surface area contributed by atoms with E-state index in [2.05, 4.69) is 10.2 Å². The Morgan fingerprint density at radius 2 is 1.61 bits per heavy atom. The van der Waals surface area contributed by atoms with Crippen LogP contribution >= 0.6 is 23.4 Å². The van der Waals surface area contributed by atoms with Crippen molar-refractivity contribution in [3.8, 4) is 23.0 Å². The van der Waals surface area contributed by atoms with Gasteiger partial charge in [-0.25, -0.2) is 0 Å². The minimum absolute atomic E-state index is 0.520. The lowest BCUT2D eigenvalue weighted by molar-refractivity contribution is 0.306. The number of rotatable bonds is 8. The van der Waals surface area contributed by atoms with E-state index in [0.29, 0.717) is 18.2 Å². The van der Waals surface area contributed by atoms with Crippen LogP contribution in [0.25, 0.3) is 17.3 Å². The lowest BCUT2D eigenvalue weighted by Gasteiger charge is -2.11. The molecule has 0 saturated heterocycles. The standard InChI is InChI=1S/C26H20ClN3O2S/c27-21-10-8-20(9-11-21)18-33-26-29-28-25(24-7-4-16-31-24)30(26)22-12-14-23(15-13-22)32-17-19-5-2-1-3-6-19/h1-16H,17-18H2. The number of furan rings is 1. The van der Waals surface area contributed by atoms with Gasteiger partial charge in [0.15, 0.2) is 10.9 Å². The van der Waals surface area contributed by atoms with Crippen LogP contribution in [0.4, 0.5) is 0 Å². The second-order valence-electron chi connectivity index (χ2n) is 7.30. The first kappa shape index (κ1) is 21.4. The van der Waals surface area contributed by atoms with Crippen molar-refractivity contribution in [3.05, 3.63) is 113 Å². The van der Waals surface area contributed by atoms with Crippen LogP contribution in [-0.4, -0.2) is 14.8 Å². The fourth-order valence-electron chi connectivity index (χ4n) is 3.32. The molecule has 0 aliphatic rings. The molecule has 0 saturated carbocycles. The van der Waals surface area contributed by atoms with Gasteiger partial charge < -0.3 is 9.15 Å². The Labute approximate surface area is 201 Å². The Hall–Kier alpha value is -3.48. The van der Waals surface area contributed by atoms with E-state index < -0.39 is 0 Å². The van der Waals surface area contributed by atoms with Crippen molar-refractivity contribution in [2.75, 3.05) is 0 Å². The van der Waals surface area contributed by atoms with E-state index in [4.69, 9.17) is 20.8 Å². The fourth-order valence-corrected chi connectivity index (χ4v) is 4.36. The summed E-state index contributed by atoms with van der Waals surface area (Å²) in [4.78, 5) is 0. The SMILES string of the molecule is Clc1ccc(CSc2nnc(-c3ccco3)n2-c2ccc(OCc3ccccc3)cc2)cc1. The van der Waals surface area contributed by atoms with Crippen molar-refractivity contribution in [3.63, 3.8) is 0 Å². The highest BCUT2D eigenvalue weighted by molar-refractivity contribution is 7.98. The Morgan fingerprint density at radius 1 is 0.818 bits per heavy atom. The molecule has 0 unspecified atom stereocenters. The summed E-state index contributed by atoms with van der Waals surface area (Å²) < 4.78 is 13.5. The molecule has 164 valence electrons. The van der Waals surface area contributed by atoms with Crippen molar-refractivity contribution in [2.45, 2.75) is 17.5 Å². The van der Waals surface area contributed by atoms with Gasteiger partial charge in [0.05, 0.1) is 12.0 Å². The molecule has 0 radical (unpaired) electrons. The summed E-state index contributed by atoms with van der Waals surface area (Å²) in [5.74, 6) is 2.85. The smallest absolute Gasteiger partial charge is 0.205 e. The third-order valence-electron chi connectivity index (χ3n) is 5.00. The van der Waals surface area contributed by atoms with E-state index in [9.17, 15) is 0 Å². The summed E-state index contributed by atoms with van der Waals surface area (Å²) in [7, 11) is 0. The molecule has 2 heterocycles. The summed E-state index contributed by atoms with van der Waals surface area (Å²) in [5, 5.41) is 10.3. The minimum Gasteiger partial charge on any atom is -0.489 e. The van der Waals surface area contributed by atoms with Gasteiger partial charge in [0.25, 0.3) is 0 Å². The van der Waals surface area contributed by atoms with Gasteiger partial charge in [-0.3, -0.25) is 4.57 Å². The van der Waals surface area contributed by atoms with Gasteiger partial charge in [0.2, 0.25) is 5.82 Å². The normalized spacial score (nSPS) is 10.9. The molecule has 3 aromatic carbocycles. The number of halogens is 1. The van der Waals surface area contributed by atoms with Crippen LogP contribution < -0.4 is 4.74 Å². The number of nitrogens with zero attached hydrogens (tertiary/aromatic N) is 3. The van der Waals surface area contributed by atoms with Crippen LogP contribution in [0.3, 0.4) is 0 Å². The highest BCUT2D eigenvalue weighted by Crippen LogP contribution is 2.31. The van der Waals surface area contributed by atoms with E-state index in [-0.39, 0.29) is 0 Å². The molecule has 0 atom stereocenters. The van der Waals surface area contributed by atoms with Crippen LogP contribution in [0.5, 0.6) is 5.75 Å². The first-order valence-electron chi connectivity index (χ1n) is 10.4. The summed E-state index contributed by atoms with van der Waals surface area (Å²) >= 11 is 7.61. The van der Waals surface area contributed by atoms with Gasteiger partial charge in [0, 0.05) is 10.8 Å². The summed E-state index contributed by atoms with van der Waals surface area (Å²) in [6.45, 7) is 0.520. The molecule has 5 aromatic rings. The molecule has 0 bridgehead atoms. The molecule has 5 rings (SSSR count). The van der Waals surface area contributed by atoms with E-state index in [1.54, 1.807) is 18.0 Å². The first-order valence-corrected chi connectivity index (χ1v) is 11.8. The monoisotopic (exact) mass is 473 g/mol. The highest BCUT2D eigenvalue weighted by Gasteiger charge is 2.18. The third-order valence-corrected chi connectivity index (χ3v) is 6.25. The van der Waals surface area contributed by atoms with Crippen molar-refractivity contribution in [1.82, 2.24) is 14.8 Å². The molecule has 2 aromatic heterocycles. The van der Waals surface area contributed by atoms with Gasteiger partial charge in [-0.1, -0.05) is 65.8 Å². The van der Waals surface area contributed by atoms with Crippen molar-refractivity contribution < 1.29 is 9.15 Å². The Balaban J connectivity index is 1.39. The third kappa shape index (κ3) is 5.13. The summed E-state index contributed by atoms with van der Waals surface area (Å²) in [6.07, 6.45) is 1.63. The molecule has 0 spiro atoms. The number of hydrogen-bond donors (Lipinski definition) is 0. The topological polar surface area (TPSA) is 53.1 Å². The average Bonchev–Trinajstić information content (AvgIpc) is 3.53. The minimum atomic E-state index is 0.520. The lowest BCUT2D eigenvalue weighted by atomic mass is 10.2. The maximum atomic E-state index is 6.01. The number of hydrogen-bond acceptors (Lipinski definition) is 5. The maximum Gasteiger partial charge on any atom is 0.205 e. The number of benzene rings is 3. The molecule has 33 heavy (non-hydrogen) atoms. The number of aromatic nitrogens is 3. The summed E-state index contributed by atoms with van der Waals surface area (Å²) in [6, 6.07) is 29.6. The molecule has 0 amide bonds. The largest absolute Gasteiger partial charge is 0.489 e. The maximum absolute atomic E-state index is 6.01. The van der Waals surface area contributed by atoms with Crippen LogP contribution in [0.1, 0.15) is 11.1 Å². The molecular weight excluding hydrogens is 454 g/mol. The number of ether oxygens (including phenoxy) is 1. The van der Waals surface area contributed by atoms with Crippen molar-refractivity contribution >= 4 is 23.4 Å². The molecule has 0 fully saturated rings. The average molecular weight is 474 g/mol. The van der Waals surface area contributed by atoms with E-state index in [0.717, 1.165) is 38.5 Å². The predicted octanol–water partition coefficient (Wildman–Crippen LogP) is 7.05. The Bertz CT molecular complexity index is 1300. The molecule has 0 aliphatic heterocycles. The van der Waals surface area contributed by atoms with E-state index >= 15 is 0 Å².